The van der Waals surface area contributed by atoms with Crippen molar-refractivity contribution < 1.29 is 23.9 Å². The molecular formula is C34H45N5O5S. The number of piperidine rings is 1. The highest BCUT2D eigenvalue weighted by Gasteiger charge is 2.23. The van der Waals surface area contributed by atoms with Crippen molar-refractivity contribution in [3.05, 3.63) is 65.7 Å². The van der Waals surface area contributed by atoms with E-state index in [2.05, 4.69) is 20.5 Å². The highest BCUT2D eigenvalue weighted by atomic mass is 32.1. The van der Waals surface area contributed by atoms with Crippen molar-refractivity contribution in [3.8, 4) is 11.1 Å². The Morgan fingerprint density at radius 3 is 2.56 bits per heavy atom. The van der Waals surface area contributed by atoms with Gasteiger partial charge in [-0.3, -0.25) is 14.9 Å². The van der Waals surface area contributed by atoms with Gasteiger partial charge in [0.2, 0.25) is 5.91 Å². The highest BCUT2D eigenvalue weighted by molar-refractivity contribution is 7.13. The normalized spacial score (nSPS) is 13.6. The number of benzene rings is 2. The summed E-state index contributed by atoms with van der Waals surface area (Å²) < 4.78 is 10.7. The zero-order valence-corrected chi connectivity index (χ0v) is 27.2. The van der Waals surface area contributed by atoms with Crippen LogP contribution < -0.4 is 10.6 Å². The topological polar surface area (TPSA) is 113 Å². The Labute approximate surface area is 270 Å². The molecule has 1 aliphatic rings. The molecule has 242 valence electrons. The summed E-state index contributed by atoms with van der Waals surface area (Å²) in [4.78, 5) is 45.5. The number of carbonyl (C=O) groups excluding carboxylic acids is 3. The van der Waals surface area contributed by atoms with E-state index in [0.717, 1.165) is 85.9 Å². The van der Waals surface area contributed by atoms with E-state index in [-0.39, 0.29) is 24.4 Å². The lowest BCUT2D eigenvalue weighted by Gasteiger charge is -2.32. The Bertz CT molecular complexity index is 1360. The second-order valence-electron chi connectivity index (χ2n) is 11.2. The fraction of sp³-hybridized carbons (Fsp3) is 0.471. The number of amides is 2. The van der Waals surface area contributed by atoms with Gasteiger partial charge in [0.25, 0.3) is 0 Å². The number of hydrogen-bond donors (Lipinski definition) is 2. The van der Waals surface area contributed by atoms with Gasteiger partial charge in [0.15, 0.2) is 5.13 Å². The first kappa shape index (κ1) is 33.9. The Kier molecular flexibility index (Phi) is 13.7. The summed E-state index contributed by atoms with van der Waals surface area (Å²) in [5.74, 6) is -0.0981. The van der Waals surface area contributed by atoms with Crippen LogP contribution in [-0.4, -0.2) is 85.2 Å². The Morgan fingerprint density at radius 1 is 1.02 bits per heavy atom. The van der Waals surface area contributed by atoms with Gasteiger partial charge in [0.05, 0.1) is 24.4 Å². The van der Waals surface area contributed by atoms with E-state index in [9.17, 15) is 14.4 Å². The van der Waals surface area contributed by atoms with Crippen molar-refractivity contribution in [2.45, 2.75) is 58.0 Å². The molecule has 0 unspecified atom stereocenters. The molecule has 1 aromatic heterocycles. The fourth-order valence-corrected chi connectivity index (χ4v) is 5.95. The molecule has 0 radical (unpaired) electrons. The van der Waals surface area contributed by atoms with E-state index < -0.39 is 6.09 Å². The van der Waals surface area contributed by atoms with E-state index in [1.807, 2.05) is 71.9 Å². The Morgan fingerprint density at radius 2 is 1.78 bits per heavy atom. The molecule has 0 atom stereocenters. The molecule has 0 spiro atoms. The van der Waals surface area contributed by atoms with Crippen molar-refractivity contribution in [2.24, 2.45) is 0 Å². The van der Waals surface area contributed by atoms with E-state index in [0.29, 0.717) is 19.6 Å². The number of nitrogens with one attached hydrogen (secondary N) is 2. The van der Waals surface area contributed by atoms with Gasteiger partial charge in [-0.05, 0) is 44.2 Å². The molecule has 2 amide bonds. The minimum Gasteiger partial charge on any atom is -0.466 e. The average molecular weight is 636 g/mol. The highest BCUT2D eigenvalue weighted by Crippen LogP contribution is 2.28. The first-order valence-corrected chi connectivity index (χ1v) is 16.7. The summed E-state index contributed by atoms with van der Waals surface area (Å²) in [5, 5.41) is 8.89. The summed E-state index contributed by atoms with van der Waals surface area (Å²) in [6.07, 6.45) is 4.46. The smallest absolute Gasteiger partial charge is 0.411 e. The number of anilines is 2. The van der Waals surface area contributed by atoms with Gasteiger partial charge in [-0.25, -0.2) is 9.78 Å². The van der Waals surface area contributed by atoms with Crippen LogP contribution >= 0.6 is 11.3 Å². The van der Waals surface area contributed by atoms with E-state index in [4.69, 9.17) is 9.47 Å². The first-order valence-electron chi connectivity index (χ1n) is 15.8. The average Bonchev–Trinajstić information content (AvgIpc) is 3.49. The van der Waals surface area contributed by atoms with E-state index in [1.54, 1.807) is 6.92 Å². The number of likely N-dealkylation sites (N-methyl/N-ethyl adjacent to an activating group) is 1. The molecule has 2 N–H and O–H groups in total. The minimum absolute atomic E-state index is 0.124. The zero-order chi connectivity index (χ0) is 31.9. The molecule has 1 aliphatic heterocycles. The van der Waals surface area contributed by atoms with Crippen LogP contribution in [0.25, 0.3) is 11.1 Å². The van der Waals surface area contributed by atoms with Crippen LogP contribution in [-0.2, 0) is 25.5 Å². The maximum Gasteiger partial charge on any atom is 0.411 e. The molecular weight excluding hydrogens is 590 g/mol. The number of esters is 1. The summed E-state index contributed by atoms with van der Waals surface area (Å²) in [7, 11) is 1.87. The standard InChI is InChI=1S/C34H45N5O5S/c1-3-43-32(41)24-27-25-45-33(36-27)35-19-11-5-8-16-31(40)38(2)22-23-39-20-17-28(18-21-39)44-34(42)37-30-15-10-9-14-29(30)26-12-6-4-7-13-26/h4,6-7,9-10,12-15,25,28H,3,5,8,11,16-24H2,1-2H3,(H,35,36)(H,37,42). The number of likely N-dealkylation sites (tertiary alicyclic amines) is 1. The van der Waals surface area contributed by atoms with Crippen molar-refractivity contribution in [2.75, 3.05) is 57.0 Å². The van der Waals surface area contributed by atoms with Crippen LogP contribution in [0.1, 0.15) is 51.1 Å². The predicted octanol–water partition coefficient (Wildman–Crippen LogP) is 6.06. The van der Waals surface area contributed by atoms with Crippen LogP contribution in [0.4, 0.5) is 15.6 Å². The van der Waals surface area contributed by atoms with Crippen LogP contribution in [0.5, 0.6) is 0 Å². The predicted molar refractivity (Wildman–Crippen MR) is 178 cm³/mol. The molecule has 10 nitrogen and oxygen atoms in total. The Hall–Kier alpha value is -3.96. The maximum absolute atomic E-state index is 12.7. The third-order valence-corrected chi connectivity index (χ3v) is 8.61. The number of para-hydroxylation sites is 1. The van der Waals surface area contributed by atoms with Gasteiger partial charge in [-0.15, -0.1) is 11.3 Å². The van der Waals surface area contributed by atoms with Crippen molar-refractivity contribution >= 4 is 40.1 Å². The molecule has 0 aliphatic carbocycles. The fourth-order valence-electron chi connectivity index (χ4n) is 5.21. The molecule has 0 bridgehead atoms. The number of rotatable bonds is 16. The lowest BCUT2D eigenvalue weighted by Crippen LogP contribution is -2.42. The van der Waals surface area contributed by atoms with Gasteiger partial charge >= 0.3 is 12.1 Å². The molecule has 1 saturated heterocycles. The van der Waals surface area contributed by atoms with Crippen LogP contribution in [0.2, 0.25) is 0 Å². The second kappa shape index (κ2) is 18.1. The van der Waals surface area contributed by atoms with Crippen LogP contribution in [0, 0.1) is 0 Å². The van der Waals surface area contributed by atoms with E-state index >= 15 is 0 Å². The first-order chi connectivity index (χ1) is 21.9. The van der Waals surface area contributed by atoms with Crippen LogP contribution in [0.15, 0.2) is 60.0 Å². The summed E-state index contributed by atoms with van der Waals surface area (Å²) in [6, 6.07) is 17.7. The molecule has 11 heteroatoms. The van der Waals surface area contributed by atoms with Crippen LogP contribution in [0.3, 0.4) is 0 Å². The zero-order valence-electron chi connectivity index (χ0n) is 26.3. The van der Waals surface area contributed by atoms with Crippen molar-refractivity contribution in [3.63, 3.8) is 0 Å². The van der Waals surface area contributed by atoms with Crippen molar-refractivity contribution in [1.29, 1.82) is 0 Å². The quantitative estimate of drug-likeness (QED) is 0.144. The van der Waals surface area contributed by atoms with Crippen molar-refractivity contribution in [1.82, 2.24) is 14.8 Å². The van der Waals surface area contributed by atoms with Gasteiger partial charge in [0, 0.05) is 57.1 Å². The lowest BCUT2D eigenvalue weighted by molar-refractivity contribution is -0.142. The summed E-state index contributed by atoms with van der Waals surface area (Å²) >= 11 is 1.48. The number of carbonyl (C=O) groups is 3. The van der Waals surface area contributed by atoms with Gasteiger partial charge in [-0.2, -0.15) is 0 Å². The molecule has 3 aromatic rings. The third kappa shape index (κ3) is 11.5. The van der Waals surface area contributed by atoms with Gasteiger partial charge in [0.1, 0.15) is 6.10 Å². The molecule has 2 aromatic carbocycles. The molecule has 45 heavy (non-hydrogen) atoms. The summed E-state index contributed by atoms with van der Waals surface area (Å²) in [6.45, 7) is 6.09. The number of aromatic nitrogens is 1. The Balaban J connectivity index is 1.05. The summed E-state index contributed by atoms with van der Waals surface area (Å²) in [5.41, 5.74) is 3.44. The third-order valence-electron chi connectivity index (χ3n) is 7.76. The number of hydrogen-bond acceptors (Lipinski definition) is 9. The monoisotopic (exact) mass is 635 g/mol. The molecule has 1 fully saturated rings. The number of unbranched alkanes of at least 4 members (excludes halogenated alkanes) is 2. The van der Waals surface area contributed by atoms with Gasteiger partial charge in [-0.1, -0.05) is 55.0 Å². The lowest BCUT2D eigenvalue weighted by atomic mass is 10.0. The van der Waals surface area contributed by atoms with E-state index in [1.165, 1.54) is 11.3 Å². The number of thiazole rings is 1. The molecule has 0 saturated carbocycles. The maximum atomic E-state index is 12.7. The molecule has 4 rings (SSSR count). The SMILES string of the molecule is CCOC(=O)Cc1csc(NCCCCCC(=O)N(C)CCN2CCC(OC(=O)Nc3ccccc3-c3ccccc3)CC2)n1. The second-order valence-corrected chi connectivity index (χ2v) is 12.0. The largest absolute Gasteiger partial charge is 0.466 e. The molecule has 2 heterocycles. The van der Waals surface area contributed by atoms with Gasteiger partial charge < -0.3 is 24.6 Å². The number of ether oxygens (including phenoxy) is 2. The number of nitrogens with zero attached hydrogens (tertiary/aromatic N) is 3. The minimum atomic E-state index is -0.429.